The van der Waals surface area contributed by atoms with E-state index in [0.717, 1.165) is 19.3 Å². The van der Waals surface area contributed by atoms with Crippen molar-refractivity contribution in [3.05, 3.63) is 0 Å². The molecular formula is C17H32O2. The molecule has 0 saturated carbocycles. The summed E-state index contributed by atoms with van der Waals surface area (Å²) in [6, 6.07) is 0. The van der Waals surface area contributed by atoms with Gasteiger partial charge < -0.3 is 0 Å². The largest absolute Gasteiger partial charge is 0.299 e. The summed E-state index contributed by atoms with van der Waals surface area (Å²) < 4.78 is 0. The maximum absolute atomic E-state index is 12.6. The van der Waals surface area contributed by atoms with Gasteiger partial charge >= 0.3 is 0 Å². The number of ketones is 2. The van der Waals surface area contributed by atoms with Gasteiger partial charge in [0.2, 0.25) is 0 Å². The number of rotatable bonds is 9. The lowest BCUT2D eigenvalue weighted by Crippen LogP contribution is -2.36. The standard InChI is InChI=1S/C17H32O2/c1-8-10-12(4)13(5)14(6)17(19)16(15(7)18)11(3)9-2/h11-14,16H,8-10H2,1-7H3. The summed E-state index contributed by atoms with van der Waals surface area (Å²) in [5, 5.41) is 0. The zero-order valence-electron chi connectivity index (χ0n) is 13.8. The Morgan fingerprint density at radius 1 is 0.947 bits per heavy atom. The number of hydrogen-bond donors (Lipinski definition) is 0. The Labute approximate surface area is 119 Å². The van der Waals surface area contributed by atoms with Gasteiger partial charge in [-0.25, -0.2) is 0 Å². The third-order valence-electron chi connectivity index (χ3n) is 4.84. The van der Waals surface area contributed by atoms with Gasteiger partial charge in [0.25, 0.3) is 0 Å². The van der Waals surface area contributed by atoms with Crippen LogP contribution < -0.4 is 0 Å². The van der Waals surface area contributed by atoms with E-state index in [0.29, 0.717) is 11.8 Å². The summed E-state index contributed by atoms with van der Waals surface area (Å²) in [5.74, 6) is 0.785. The molecule has 0 amide bonds. The first-order valence-electron chi connectivity index (χ1n) is 7.81. The Kier molecular flexibility index (Phi) is 8.20. The van der Waals surface area contributed by atoms with Gasteiger partial charge in [-0.3, -0.25) is 9.59 Å². The molecule has 0 bridgehead atoms. The van der Waals surface area contributed by atoms with E-state index in [1.165, 1.54) is 0 Å². The van der Waals surface area contributed by atoms with Crippen LogP contribution in [0.4, 0.5) is 0 Å². The molecule has 0 spiro atoms. The number of carbonyl (C=O) groups excluding carboxylic acids is 2. The Hall–Kier alpha value is -0.660. The molecule has 2 heteroatoms. The van der Waals surface area contributed by atoms with Crippen LogP contribution in [0.5, 0.6) is 0 Å². The molecule has 112 valence electrons. The molecule has 0 N–H and O–H groups in total. The highest BCUT2D eigenvalue weighted by Crippen LogP contribution is 2.30. The predicted octanol–water partition coefficient (Wildman–Crippen LogP) is 4.52. The third-order valence-corrected chi connectivity index (χ3v) is 4.84. The van der Waals surface area contributed by atoms with E-state index in [9.17, 15) is 9.59 Å². The van der Waals surface area contributed by atoms with Crippen LogP contribution in [-0.2, 0) is 9.59 Å². The van der Waals surface area contributed by atoms with Crippen LogP contribution in [0.3, 0.4) is 0 Å². The van der Waals surface area contributed by atoms with Crippen molar-refractivity contribution in [1.82, 2.24) is 0 Å². The second kappa shape index (κ2) is 8.50. The van der Waals surface area contributed by atoms with Crippen LogP contribution in [0, 0.1) is 29.6 Å². The maximum Gasteiger partial charge on any atom is 0.146 e. The first-order valence-corrected chi connectivity index (χ1v) is 7.81. The van der Waals surface area contributed by atoms with Crippen LogP contribution in [0.1, 0.15) is 67.7 Å². The normalized spacial score (nSPS) is 19.3. The summed E-state index contributed by atoms with van der Waals surface area (Å²) in [7, 11) is 0. The molecule has 0 saturated heterocycles. The van der Waals surface area contributed by atoms with Crippen molar-refractivity contribution in [2.24, 2.45) is 29.6 Å². The van der Waals surface area contributed by atoms with Gasteiger partial charge in [-0.05, 0) is 24.7 Å². The monoisotopic (exact) mass is 268 g/mol. The van der Waals surface area contributed by atoms with Crippen molar-refractivity contribution in [1.29, 1.82) is 0 Å². The fourth-order valence-electron chi connectivity index (χ4n) is 2.87. The highest BCUT2D eigenvalue weighted by atomic mass is 16.1. The highest BCUT2D eigenvalue weighted by Gasteiger charge is 2.34. The topological polar surface area (TPSA) is 34.1 Å². The number of carbonyl (C=O) groups is 2. The lowest BCUT2D eigenvalue weighted by atomic mass is 9.73. The van der Waals surface area contributed by atoms with Crippen molar-refractivity contribution in [2.75, 3.05) is 0 Å². The number of hydrogen-bond acceptors (Lipinski definition) is 2. The minimum Gasteiger partial charge on any atom is -0.299 e. The first kappa shape index (κ1) is 18.3. The molecule has 0 radical (unpaired) electrons. The summed E-state index contributed by atoms with van der Waals surface area (Å²) in [4.78, 5) is 24.4. The van der Waals surface area contributed by atoms with Gasteiger partial charge in [0, 0.05) is 5.92 Å². The van der Waals surface area contributed by atoms with Crippen LogP contribution in [0.25, 0.3) is 0 Å². The average Bonchev–Trinajstić information content (AvgIpc) is 2.36. The minimum atomic E-state index is -0.406. The Morgan fingerprint density at radius 3 is 1.84 bits per heavy atom. The van der Waals surface area contributed by atoms with Crippen molar-refractivity contribution in [3.63, 3.8) is 0 Å². The summed E-state index contributed by atoms with van der Waals surface area (Å²) in [6.45, 7) is 14.1. The smallest absolute Gasteiger partial charge is 0.146 e. The molecule has 19 heavy (non-hydrogen) atoms. The van der Waals surface area contributed by atoms with E-state index in [1.807, 2.05) is 20.8 Å². The van der Waals surface area contributed by atoms with E-state index >= 15 is 0 Å². The molecule has 0 aliphatic heterocycles. The van der Waals surface area contributed by atoms with Gasteiger partial charge in [0.1, 0.15) is 11.6 Å². The zero-order chi connectivity index (χ0) is 15.2. The SMILES string of the molecule is CCCC(C)C(C)C(C)C(=O)C(C(C)=O)C(C)CC. The van der Waals surface area contributed by atoms with E-state index in [2.05, 4.69) is 20.8 Å². The van der Waals surface area contributed by atoms with Gasteiger partial charge in [-0.15, -0.1) is 0 Å². The van der Waals surface area contributed by atoms with Crippen molar-refractivity contribution >= 4 is 11.6 Å². The van der Waals surface area contributed by atoms with Crippen LogP contribution in [0.2, 0.25) is 0 Å². The van der Waals surface area contributed by atoms with Crippen molar-refractivity contribution in [3.8, 4) is 0 Å². The maximum atomic E-state index is 12.6. The molecule has 0 aromatic rings. The fraction of sp³-hybridized carbons (Fsp3) is 0.882. The van der Waals surface area contributed by atoms with Crippen molar-refractivity contribution in [2.45, 2.75) is 67.7 Å². The van der Waals surface area contributed by atoms with Crippen LogP contribution >= 0.6 is 0 Å². The lowest BCUT2D eigenvalue weighted by molar-refractivity contribution is -0.137. The lowest BCUT2D eigenvalue weighted by Gasteiger charge is -2.29. The number of Topliss-reactive ketones (excluding diaryl/α,β-unsaturated/α-hetero) is 2. The molecule has 2 nitrogen and oxygen atoms in total. The molecule has 0 aromatic carbocycles. The van der Waals surface area contributed by atoms with Crippen molar-refractivity contribution < 1.29 is 9.59 Å². The second-order valence-corrected chi connectivity index (χ2v) is 6.29. The quantitative estimate of drug-likeness (QED) is 0.576. The molecule has 5 unspecified atom stereocenters. The molecule has 0 rings (SSSR count). The molecule has 0 aromatic heterocycles. The summed E-state index contributed by atoms with van der Waals surface area (Å²) in [5.41, 5.74) is 0. The summed E-state index contributed by atoms with van der Waals surface area (Å²) >= 11 is 0. The van der Waals surface area contributed by atoms with Gasteiger partial charge in [0.15, 0.2) is 0 Å². The zero-order valence-corrected chi connectivity index (χ0v) is 13.8. The third kappa shape index (κ3) is 5.08. The molecule has 0 heterocycles. The second-order valence-electron chi connectivity index (χ2n) is 6.29. The van der Waals surface area contributed by atoms with E-state index in [4.69, 9.17) is 0 Å². The Morgan fingerprint density at radius 2 is 1.47 bits per heavy atom. The molecular weight excluding hydrogens is 236 g/mol. The fourth-order valence-corrected chi connectivity index (χ4v) is 2.87. The van der Waals surface area contributed by atoms with E-state index < -0.39 is 5.92 Å². The van der Waals surface area contributed by atoms with Crippen LogP contribution in [-0.4, -0.2) is 11.6 Å². The highest BCUT2D eigenvalue weighted by molar-refractivity contribution is 6.02. The molecule has 5 atom stereocenters. The Balaban J connectivity index is 4.90. The Bertz CT molecular complexity index is 296. The van der Waals surface area contributed by atoms with Gasteiger partial charge in [-0.1, -0.05) is 60.8 Å². The van der Waals surface area contributed by atoms with E-state index in [-0.39, 0.29) is 23.4 Å². The van der Waals surface area contributed by atoms with Gasteiger partial charge in [-0.2, -0.15) is 0 Å². The molecule has 0 fully saturated rings. The molecule has 0 aliphatic rings. The summed E-state index contributed by atoms with van der Waals surface area (Å²) in [6.07, 6.45) is 3.17. The minimum absolute atomic E-state index is 0.0237. The molecule has 0 aliphatic carbocycles. The van der Waals surface area contributed by atoms with Crippen LogP contribution in [0.15, 0.2) is 0 Å². The first-order chi connectivity index (χ1) is 8.77. The predicted molar refractivity (Wildman–Crippen MR) is 81.0 cm³/mol. The average molecular weight is 268 g/mol. The van der Waals surface area contributed by atoms with E-state index in [1.54, 1.807) is 6.92 Å². The van der Waals surface area contributed by atoms with Gasteiger partial charge in [0.05, 0.1) is 5.92 Å².